The summed E-state index contributed by atoms with van der Waals surface area (Å²) in [6.07, 6.45) is 5.03. The molecule has 3 nitrogen and oxygen atoms in total. The van der Waals surface area contributed by atoms with E-state index in [1.807, 2.05) is 13.0 Å². The van der Waals surface area contributed by atoms with E-state index in [4.69, 9.17) is 5.73 Å². The van der Waals surface area contributed by atoms with Gasteiger partial charge in [0.15, 0.2) is 0 Å². The molecule has 0 radical (unpaired) electrons. The summed E-state index contributed by atoms with van der Waals surface area (Å²) in [5, 5.41) is 3.54. The Morgan fingerprint density at radius 2 is 1.81 bits per heavy atom. The zero-order chi connectivity index (χ0) is 12.2. The number of hydrogen-bond acceptors (Lipinski definition) is 3. The van der Waals surface area contributed by atoms with Gasteiger partial charge in [0.2, 0.25) is 0 Å². The first-order valence-corrected chi connectivity index (χ1v) is 6.07. The van der Waals surface area contributed by atoms with Crippen molar-refractivity contribution >= 4 is 11.5 Å². The summed E-state index contributed by atoms with van der Waals surface area (Å²) in [5.74, 6) is 0.928. The highest BCUT2D eigenvalue weighted by Gasteiger charge is 2.23. The van der Waals surface area contributed by atoms with Crippen LogP contribution in [-0.4, -0.2) is 10.5 Å². The lowest BCUT2D eigenvalue weighted by atomic mass is 9.90. The van der Waals surface area contributed by atoms with Crippen molar-refractivity contribution < 1.29 is 0 Å². The van der Waals surface area contributed by atoms with E-state index in [1.165, 1.54) is 0 Å². The molecule has 0 aliphatic carbocycles. The van der Waals surface area contributed by atoms with Crippen molar-refractivity contribution in [3.8, 4) is 0 Å². The number of aryl methyl sites for hydroxylation is 1. The van der Waals surface area contributed by atoms with Crippen LogP contribution in [0.15, 0.2) is 12.3 Å². The van der Waals surface area contributed by atoms with Gasteiger partial charge in [0.25, 0.3) is 0 Å². The normalized spacial score (nSPS) is 11.5. The van der Waals surface area contributed by atoms with E-state index in [2.05, 4.69) is 31.1 Å². The summed E-state index contributed by atoms with van der Waals surface area (Å²) >= 11 is 0. The van der Waals surface area contributed by atoms with E-state index in [-0.39, 0.29) is 5.54 Å². The number of nitrogens with zero attached hydrogens (tertiary/aromatic N) is 1. The van der Waals surface area contributed by atoms with E-state index in [1.54, 1.807) is 6.20 Å². The monoisotopic (exact) mass is 221 g/mol. The lowest BCUT2D eigenvalue weighted by molar-refractivity contribution is 0.419. The molecule has 0 saturated heterocycles. The van der Waals surface area contributed by atoms with Crippen molar-refractivity contribution in [1.29, 1.82) is 0 Å². The molecule has 1 rings (SSSR count). The van der Waals surface area contributed by atoms with Crippen LogP contribution in [0, 0.1) is 6.92 Å². The third-order valence-corrected chi connectivity index (χ3v) is 3.57. The molecule has 0 aliphatic rings. The SMILES string of the molecule is CCC(CC)(CC)Nc1cc(C)c(N)cn1. The van der Waals surface area contributed by atoms with Crippen molar-refractivity contribution in [2.24, 2.45) is 0 Å². The highest BCUT2D eigenvalue weighted by molar-refractivity contribution is 5.51. The molecule has 0 fully saturated rings. The molecule has 0 unspecified atom stereocenters. The number of pyridine rings is 1. The Bertz CT molecular complexity index is 335. The zero-order valence-corrected chi connectivity index (χ0v) is 10.8. The van der Waals surface area contributed by atoms with Crippen LogP contribution in [0.3, 0.4) is 0 Å². The van der Waals surface area contributed by atoms with Gasteiger partial charge in [0.1, 0.15) is 5.82 Å². The standard InChI is InChI=1S/C13H23N3/c1-5-13(6-2,7-3)16-12-8-10(4)11(14)9-15-12/h8-9H,5-7,14H2,1-4H3,(H,15,16). The van der Waals surface area contributed by atoms with Crippen LogP contribution in [0.1, 0.15) is 45.6 Å². The fraction of sp³-hybridized carbons (Fsp3) is 0.615. The number of hydrogen-bond donors (Lipinski definition) is 2. The van der Waals surface area contributed by atoms with E-state index in [0.29, 0.717) is 0 Å². The Morgan fingerprint density at radius 3 is 2.25 bits per heavy atom. The first kappa shape index (κ1) is 12.8. The minimum atomic E-state index is 0.162. The largest absolute Gasteiger partial charge is 0.397 e. The molecular weight excluding hydrogens is 198 g/mol. The average Bonchev–Trinajstić information content (AvgIpc) is 2.31. The zero-order valence-electron chi connectivity index (χ0n) is 10.8. The Hall–Kier alpha value is -1.25. The number of aromatic nitrogens is 1. The summed E-state index contributed by atoms with van der Waals surface area (Å²) in [4.78, 5) is 4.33. The summed E-state index contributed by atoms with van der Waals surface area (Å²) in [6.45, 7) is 8.65. The molecule has 0 atom stereocenters. The van der Waals surface area contributed by atoms with Gasteiger partial charge >= 0.3 is 0 Å². The smallest absolute Gasteiger partial charge is 0.126 e. The Labute approximate surface area is 98.5 Å². The maximum Gasteiger partial charge on any atom is 0.126 e. The topological polar surface area (TPSA) is 50.9 Å². The molecule has 0 amide bonds. The lowest BCUT2D eigenvalue weighted by Crippen LogP contribution is -2.36. The van der Waals surface area contributed by atoms with Gasteiger partial charge < -0.3 is 11.1 Å². The minimum absolute atomic E-state index is 0.162. The second-order valence-corrected chi connectivity index (χ2v) is 4.39. The van der Waals surface area contributed by atoms with Gasteiger partial charge in [-0.15, -0.1) is 0 Å². The second kappa shape index (κ2) is 5.19. The molecule has 1 heterocycles. The summed E-state index contributed by atoms with van der Waals surface area (Å²) < 4.78 is 0. The van der Waals surface area contributed by atoms with Gasteiger partial charge in [-0.3, -0.25) is 0 Å². The molecule has 1 aromatic rings. The maximum absolute atomic E-state index is 5.76. The van der Waals surface area contributed by atoms with Crippen LogP contribution in [0.2, 0.25) is 0 Å². The van der Waals surface area contributed by atoms with Crippen LogP contribution >= 0.6 is 0 Å². The highest BCUT2D eigenvalue weighted by Crippen LogP contribution is 2.25. The highest BCUT2D eigenvalue weighted by atomic mass is 15.1. The molecule has 0 aliphatic heterocycles. The first-order chi connectivity index (χ1) is 7.56. The molecule has 90 valence electrons. The Kier molecular flexibility index (Phi) is 4.16. The van der Waals surface area contributed by atoms with Gasteiger partial charge in [0.05, 0.1) is 11.9 Å². The van der Waals surface area contributed by atoms with Gasteiger partial charge in [-0.05, 0) is 37.8 Å². The van der Waals surface area contributed by atoms with Gasteiger partial charge in [0, 0.05) is 5.54 Å². The molecule has 1 aromatic heterocycles. The molecular formula is C13H23N3. The van der Waals surface area contributed by atoms with Crippen LogP contribution in [0.25, 0.3) is 0 Å². The fourth-order valence-electron chi connectivity index (χ4n) is 1.92. The maximum atomic E-state index is 5.76. The van der Waals surface area contributed by atoms with Gasteiger partial charge in [-0.1, -0.05) is 20.8 Å². The minimum Gasteiger partial charge on any atom is -0.397 e. The Morgan fingerprint density at radius 1 is 1.25 bits per heavy atom. The average molecular weight is 221 g/mol. The molecule has 3 N–H and O–H groups in total. The predicted molar refractivity (Wildman–Crippen MR) is 70.6 cm³/mol. The summed E-state index contributed by atoms with van der Waals surface area (Å²) in [7, 11) is 0. The number of rotatable bonds is 5. The summed E-state index contributed by atoms with van der Waals surface area (Å²) in [5.41, 5.74) is 7.75. The lowest BCUT2D eigenvalue weighted by Gasteiger charge is -2.32. The van der Waals surface area contributed by atoms with E-state index in [9.17, 15) is 0 Å². The first-order valence-electron chi connectivity index (χ1n) is 6.07. The quantitative estimate of drug-likeness (QED) is 0.801. The van der Waals surface area contributed by atoms with Gasteiger partial charge in [-0.25, -0.2) is 4.98 Å². The molecule has 0 aromatic carbocycles. The Balaban J connectivity index is 2.89. The van der Waals surface area contributed by atoms with Crippen molar-refractivity contribution in [3.63, 3.8) is 0 Å². The number of nitrogens with one attached hydrogen (secondary N) is 1. The second-order valence-electron chi connectivity index (χ2n) is 4.39. The van der Waals surface area contributed by atoms with Crippen LogP contribution in [0.5, 0.6) is 0 Å². The van der Waals surface area contributed by atoms with Crippen LogP contribution in [-0.2, 0) is 0 Å². The molecule has 0 saturated carbocycles. The van der Waals surface area contributed by atoms with E-state index >= 15 is 0 Å². The fourth-order valence-corrected chi connectivity index (χ4v) is 1.92. The molecule has 16 heavy (non-hydrogen) atoms. The van der Waals surface area contributed by atoms with Crippen molar-refractivity contribution in [2.75, 3.05) is 11.1 Å². The van der Waals surface area contributed by atoms with Crippen molar-refractivity contribution in [3.05, 3.63) is 17.8 Å². The van der Waals surface area contributed by atoms with Gasteiger partial charge in [-0.2, -0.15) is 0 Å². The number of nitrogens with two attached hydrogens (primary N) is 1. The number of nitrogen functional groups attached to an aromatic ring is 1. The molecule has 3 heteroatoms. The third kappa shape index (κ3) is 2.65. The predicted octanol–water partition coefficient (Wildman–Crippen LogP) is 3.35. The van der Waals surface area contributed by atoms with E-state index < -0.39 is 0 Å². The number of anilines is 2. The third-order valence-electron chi connectivity index (χ3n) is 3.57. The molecule has 0 bridgehead atoms. The van der Waals surface area contributed by atoms with Crippen LogP contribution in [0.4, 0.5) is 11.5 Å². The molecule has 0 spiro atoms. The van der Waals surface area contributed by atoms with Crippen molar-refractivity contribution in [2.45, 2.75) is 52.5 Å². The van der Waals surface area contributed by atoms with E-state index in [0.717, 1.165) is 36.3 Å². The van der Waals surface area contributed by atoms with Crippen LogP contribution < -0.4 is 11.1 Å². The van der Waals surface area contributed by atoms with Crippen molar-refractivity contribution in [1.82, 2.24) is 4.98 Å². The summed E-state index contributed by atoms with van der Waals surface area (Å²) in [6, 6.07) is 2.02.